The summed E-state index contributed by atoms with van der Waals surface area (Å²) in [4.78, 5) is 22.8. The Kier molecular flexibility index (Phi) is 3.49. The third kappa shape index (κ3) is 2.37. The third-order valence-electron chi connectivity index (χ3n) is 3.52. The minimum atomic E-state index is -1.05. The number of rotatable bonds is 3. The summed E-state index contributed by atoms with van der Waals surface area (Å²) in [5.74, 6) is -2.09. The summed E-state index contributed by atoms with van der Waals surface area (Å²) in [5, 5.41) is 18.7. The second-order valence-electron chi connectivity index (χ2n) is 5.43. The molecule has 104 valence electrons. The predicted octanol–water partition coefficient (Wildman–Crippen LogP) is 3.21. The van der Waals surface area contributed by atoms with E-state index in [1.165, 1.54) is 6.07 Å². The predicted molar refractivity (Wildman–Crippen MR) is 75.5 cm³/mol. The van der Waals surface area contributed by atoms with E-state index in [1.54, 1.807) is 24.3 Å². The molecule has 4 heteroatoms. The molecule has 1 aromatic carbocycles. The Morgan fingerprint density at radius 1 is 1.10 bits per heavy atom. The van der Waals surface area contributed by atoms with Crippen LogP contribution in [0.25, 0.3) is 5.57 Å². The average molecular weight is 272 g/mol. The molecule has 0 atom stereocenters. The SMILES string of the molecule is CC1(C)CC=CC(C(=O)O)=C1c1ccccc1C(=O)O. The molecule has 0 heterocycles. The van der Waals surface area contributed by atoms with Crippen LogP contribution in [0.3, 0.4) is 0 Å². The van der Waals surface area contributed by atoms with Crippen molar-refractivity contribution in [3.8, 4) is 0 Å². The lowest BCUT2D eigenvalue weighted by Gasteiger charge is -2.32. The lowest BCUT2D eigenvalue weighted by atomic mass is 9.71. The molecule has 4 nitrogen and oxygen atoms in total. The molecule has 0 radical (unpaired) electrons. The second-order valence-corrected chi connectivity index (χ2v) is 5.43. The molecule has 1 aliphatic carbocycles. The van der Waals surface area contributed by atoms with Crippen LogP contribution in [0.5, 0.6) is 0 Å². The van der Waals surface area contributed by atoms with Crippen LogP contribution < -0.4 is 0 Å². The molecular weight excluding hydrogens is 256 g/mol. The highest BCUT2D eigenvalue weighted by Gasteiger charge is 2.33. The number of aromatic carboxylic acids is 1. The Labute approximate surface area is 117 Å². The first kappa shape index (κ1) is 14.1. The summed E-state index contributed by atoms with van der Waals surface area (Å²) in [6.07, 6.45) is 4.05. The van der Waals surface area contributed by atoms with Gasteiger partial charge in [0.2, 0.25) is 0 Å². The van der Waals surface area contributed by atoms with Gasteiger partial charge in [0.1, 0.15) is 0 Å². The van der Waals surface area contributed by atoms with Crippen molar-refractivity contribution in [2.75, 3.05) is 0 Å². The Morgan fingerprint density at radius 2 is 1.75 bits per heavy atom. The zero-order valence-corrected chi connectivity index (χ0v) is 11.4. The van der Waals surface area contributed by atoms with E-state index in [0.29, 0.717) is 17.6 Å². The molecule has 0 amide bonds. The van der Waals surface area contributed by atoms with E-state index < -0.39 is 17.4 Å². The lowest BCUT2D eigenvalue weighted by molar-refractivity contribution is -0.132. The highest BCUT2D eigenvalue weighted by Crippen LogP contribution is 2.44. The van der Waals surface area contributed by atoms with Gasteiger partial charge in [-0.1, -0.05) is 44.2 Å². The van der Waals surface area contributed by atoms with E-state index in [0.717, 1.165) is 0 Å². The Balaban J connectivity index is 2.78. The molecule has 0 aliphatic heterocycles. The van der Waals surface area contributed by atoms with Crippen molar-refractivity contribution < 1.29 is 19.8 Å². The van der Waals surface area contributed by atoms with Crippen LogP contribution in [0.2, 0.25) is 0 Å². The van der Waals surface area contributed by atoms with Crippen LogP contribution >= 0.6 is 0 Å². The van der Waals surface area contributed by atoms with Gasteiger partial charge in [-0.3, -0.25) is 0 Å². The summed E-state index contributed by atoms with van der Waals surface area (Å²) in [5.41, 5.74) is 0.922. The Hall–Kier alpha value is -2.36. The summed E-state index contributed by atoms with van der Waals surface area (Å²) in [7, 11) is 0. The van der Waals surface area contributed by atoms with Crippen LogP contribution in [-0.2, 0) is 4.79 Å². The van der Waals surface area contributed by atoms with Crippen LogP contribution in [0.4, 0.5) is 0 Å². The van der Waals surface area contributed by atoms with E-state index in [9.17, 15) is 19.8 Å². The number of carboxylic acid groups (broad SMARTS) is 2. The van der Waals surface area contributed by atoms with Gasteiger partial charge in [0.15, 0.2) is 0 Å². The molecule has 0 saturated heterocycles. The molecule has 0 aromatic heterocycles. The standard InChI is InChI=1S/C16H16O4/c1-16(2)9-5-8-12(15(19)20)13(16)10-6-3-4-7-11(10)14(17)18/h3-8H,9H2,1-2H3,(H,17,18)(H,19,20). The first-order chi connectivity index (χ1) is 9.34. The fraction of sp³-hybridized carbons (Fsp3) is 0.250. The van der Waals surface area contributed by atoms with Gasteiger partial charge >= 0.3 is 11.9 Å². The molecule has 1 aromatic rings. The lowest BCUT2D eigenvalue weighted by Crippen LogP contribution is -2.22. The van der Waals surface area contributed by atoms with E-state index in [-0.39, 0.29) is 11.1 Å². The van der Waals surface area contributed by atoms with Gasteiger partial charge in [0.05, 0.1) is 11.1 Å². The molecular formula is C16H16O4. The fourth-order valence-electron chi connectivity index (χ4n) is 2.60. The minimum absolute atomic E-state index is 0.129. The van der Waals surface area contributed by atoms with Crippen molar-refractivity contribution in [2.45, 2.75) is 20.3 Å². The van der Waals surface area contributed by atoms with Gasteiger partial charge in [-0.2, -0.15) is 0 Å². The molecule has 0 bridgehead atoms. The van der Waals surface area contributed by atoms with Gasteiger partial charge < -0.3 is 10.2 Å². The van der Waals surface area contributed by atoms with Gasteiger partial charge in [-0.05, 0) is 29.0 Å². The summed E-state index contributed by atoms with van der Waals surface area (Å²) >= 11 is 0. The first-order valence-electron chi connectivity index (χ1n) is 6.32. The number of allylic oxidation sites excluding steroid dienone is 2. The second kappa shape index (κ2) is 4.96. The molecule has 2 N–H and O–H groups in total. The molecule has 0 saturated carbocycles. The first-order valence-corrected chi connectivity index (χ1v) is 6.32. The van der Waals surface area contributed by atoms with Gasteiger partial charge in [-0.15, -0.1) is 0 Å². The maximum absolute atomic E-state index is 11.5. The average Bonchev–Trinajstić information content (AvgIpc) is 2.37. The maximum Gasteiger partial charge on any atom is 0.336 e. The van der Waals surface area contributed by atoms with Crippen molar-refractivity contribution in [1.29, 1.82) is 0 Å². The number of aliphatic carboxylic acids is 1. The van der Waals surface area contributed by atoms with Crippen molar-refractivity contribution in [3.05, 3.63) is 53.1 Å². The number of hydrogen-bond acceptors (Lipinski definition) is 2. The smallest absolute Gasteiger partial charge is 0.336 e. The monoisotopic (exact) mass is 272 g/mol. The quantitative estimate of drug-likeness (QED) is 0.886. The highest BCUT2D eigenvalue weighted by molar-refractivity contribution is 6.04. The number of hydrogen-bond donors (Lipinski definition) is 2. The van der Waals surface area contributed by atoms with E-state index in [2.05, 4.69) is 0 Å². The largest absolute Gasteiger partial charge is 0.478 e. The molecule has 0 unspecified atom stereocenters. The summed E-state index contributed by atoms with van der Waals surface area (Å²) in [6, 6.07) is 6.53. The number of carboxylic acids is 2. The topological polar surface area (TPSA) is 74.6 Å². The zero-order chi connectivity index (χ0) is 14.9. The van der Waals surface area contributed by atoms with Crippen LogP contribution in [0, 0.1) is 5.41 Å². The highest BCUT2D eigenvalue weighted by atomic mass is 16.4. The van der Waals surface area contributed by atoms with Gasteiger partial charge in [-0.25, -0.2) is 9.59 Å². The summed E-state index contributed by atoms with van der Waals surface area (Å²) in [6.45, 7) is 3.85. The Morgan fingerprint density at radius 3 is 2.35 bits per heavy atom. The zero-order valence-electron chi connectivity index (χ0n) is 11.4. The van der Waals surface area contributed by atoms with Crippen molar-refractivity contribution in [3.63, 3.8) is 0 Å². The van der Waals surface area contributed by atoms with E-state index in [4.69, 9.17) is 0 Å². The van der Waals surface area contributed by atoms with Crippen molar-refractivity contribution in [2.24, 2.45) is 5.41 Å². The van der Waals surface area contributed by atoms with Crippen LogP contribution in [0.15, 0.2) is 42.0 Å². The Bertz CT molecular complexity index is 636. The van der Waals surface area contributed by atoms with Crippen molar-refractivity contribution >= 4 is 17.5 Å². The molecule has 1 aliphatic rings. The summed E-state index contributed by atoms with van der Waals surface area (Å²) < 4.78 is 0. The van der Waals surface area contributed by atoms with Crippen LogP contribution in [-0.4, -0.2) is 22.2 Å². The fourth-order valence-corrected chi connectivity index (χ4v) is 2.60. The maximum atomic E-state index is 11.5. The molecule has 0 fully saturated rings. The van der Waals surface area contributed by atoms with Crippen molar-refractivity contribution in [1.82, 2.24) is 0 Å². The van der Waals surface area contributed by atoms with Crippen LogP contribution in [0.1, 0.15) is 36.2 Å². The van der Waals surface area contributed by atoms with Gasteiger partial charge in [0.25, 0.3) is 0 Å². The molecule has 0 spiro atoms. The molecule has 20 heavy (non-hydrogen) atoms. The number of benzene rings is 1. The molecule has 2 rings (SSSR count). The third-order valence-corrected chi connectivity index (χ3v) is 3.52. The van der Waals surface area contributed by atoms with E-state index >= 15 is 0 Å². The van der Waals surface area contributed by atoms with E-state index in [1.807, 2.05) is 19.9 Å². The normalized spacial score (nSPS) is 17.1. The minimum Gasteiger partial charge on any atom is -0.478 e. The van der Waals surface area contributed by atoms with Gasteiger partial charge in [0, 0.05) is 0 Å². The number of carbonyl (C=O) groups is 2.